The van der Waals surface area contributed by atoms with Crippen LogP contribution in [0.15, 0.2) is 30.4 Å². The molecule has 5 heteroatoms. The third-order valence-electron chi connectivity index (χ3n) is 2.26. The predicted molar refractivity (Wildman–Crippen MR) is 59.6 cm³/mol. The number of likely N-dealkylation sites (N-methyl/N-ethyl adjacent to an activating group) is 1. The number of carboxylic acid groups (broad SMARTS) is 1. The molecule has 0 aliphatic heterocycles. The second-order valence-electron chi connectivity index (χ2n) is 3.77. The van der Waals surface area contributed by atoms with Crippen LogP contribution < -0.4 is 0 Å². The minimum Gasteiger partial charge on any atom is -0.478 e. The van der Waals surface area contributed by atoms with Crippen LogP contribution in [0.4, 0.5) is 8.78 Å². The van der Waals surface area contributed by atoms with Crippen molar-refractivity contribution >= 4 is 5.97 Å². The van der Waals surface area contributed by atoms with Crippen molar-refractivity contribution < 1.29 is 18.7 Å². The van der Waals surface area contributed by atoms with Crippen molar-refractivity contribution in [2.45, 2.75) is 6.04 Å². The van der Waals surface area contributed by atoms with Crippen molar-refractivity contribution in [1.29, 1.82) is 0 Å². The van der Waals surface area contributed by atoms with Crippen LogP contribution in [0.5, 0.6) is 0 Å². The number of hydrogen-bond acceptors (Lipinski definition) is 2. The summed E-state index contributed by atoms with van der Waals surface area (Å²) in [6.45, 7) is 0. The fourth-order valence-corrected chi connectivity index (χ4v) is 1.47. The first-order valence-electron chi connectivity index (χ1n) is 4.94. The van der Waals surface area contributed by atoms with E-state index in [0.29, 0.717) is 0 Å². The number of hydrogen-bond donors (Lipinski definition) is 1. The van der Waals surface area contributed by atoms with E-state index in [4.69, 9.17) is 5.11 Å². The molecular formula is C12H13F2NO2. The van der Waals surface area contributed by atoms with Gasteiger partial charge in [0.05, 0.1) is 6.04 Å². The van der Waals surface area contributed by atoms with E-state index in [-0.39, 0.29) is 5.56 Å². The van der Waals surface area contributed by atoms with Gasteiger partial charge in [0.1, 0.15) is 11.6 Å². The van der Waals surface area contributed by atoms with Gasteiger partial charge in [-0.3, -0.25) is 4.90 Å². The monoisotopic (exact) mass is 241 g/mol. The van der Waals surface area contributed by atoms with E-state index in [1.54, 1.807) is 19.0 Å². The van der Waals surface area contributed by atoms with Crippen LogP contribution in [0.3, 0.4) is 0 Å². The Morgan fingerprint density at radius 1 is 1.41 bits per heavy atom. The third-order valence-corrected chi connectivity index (χ3v) is 2.26. The summed E-state index contributed by atoms with van der Waals surface area (Å²) in [6.07, 6.45) is 2.28. The molecule has 0 saturated carbocycles. The van der Waals surface area contributed by atoms with Gasteiger partial charge in [-0.1, -0.05) is 12.1 Å². The highest BCUT2D eigenvalue weighted by molar-refractivity contribution is 5.79. The Morgan fingerprint density at radius 3 is 2.53 bits per heavy atom. The number of halogens is 2. The van der Waals surface area contributed by atoms with Crippen molar-refractivity contribution in [3.05, 3.63) is 47.5 Å². The zero-order valence-electron chi connectivity index (χ0n) is 9.52. The smallest absolute Gasteiger partial charge is 0.328 e. The summed E-state index contributed by atoms with van der Waals surface area (Å²) in [6, 6.07) is 2.68. The van der Waals surface area contributed by atoms with E-state index in [2.05, 4.69) is 0 Å². The Labute approximate surface area is 98.0 Å². The zero-order chi connectivity index (χ0) is 13.0. The molecule has 1 unspecified atom stereocenters. The summed E-state index contributed by atoms with van der Waals surface area (Å²) in [5.41, 5.74) is 0.230. The Kier molecular flexibility index (Phi) is 4.34. The molecule has 0 fully saturated rings. The predicted octanol–water partition coefficient (Wildman–Crippen LogP) is 2.21. The van der Waals surface area contributed by atoms with Gasteiger partial charge in [0, 0.05) is 17.7 Å². The molecule has 17 heavy (non-hydrogen) atoms. The van der Waals surface area contributed by atoms with Crippen LogP contribution >= 0.6 is 0 Å². The Balaban J connectivity index is 3.10. The summed E-state index contributed by atoms with van der Waals surface area (Å²) in [5.74, 6) is -2.47. The highest BCUT2D eigenvalue weighted by Gasteiger charge is 2.16. The van der Waals surface area contributed by atoms with Gasteiger partial charge in [0.15, 0.2) is 0 Å². The third kappa shape index (κ3) is 3.64. The van der Waals surface area contributed by atoms with Gasteiger partial charge in [-0.25, -0.2) is 13.6 Å². The summed E-state index contributed by atoms with van der Waals surface area (Å²) < 4.78 is 26.3. The van der Waals surface area contributed by atoms with E-state index in [1.807, 2.05) is 0 Å². The van der Waals surface area contributed by atoms with E-state index in [9.17, 15) is 13.6 Å². The lowest BCUT2D eigenvalue weighted by Crippen LogP contribution is -2.19. The van der Waals surface area contributed by atoms with E-state index < -0.39 is 23.6 Å². The van der Waals surface area contributed by atoms with Crippen LogP contribution in [0.25, 0.3) is 0 Å². The molecule has 0 heterocycles. The SMILES string of the molecule is CN(C)C(/C=C/C(=O)O)c1ccc(F)cc1F. The molecule has 1 aromatic rings. The second kappa shape index (κ2) is 5.54. The summed E-state index contributed by atoms with van der Waals surface area (Å²) in [7, 11) is 3.36. The average Bonchev–Trinajstić information content (AvgIpc) is 2.20. The molecule has 0 aliphatic rings. The molecule has 0 aromatic heterocycles. The van der Waals surface area contributed by atoms with Gasteiger partial charge in [-0.15, -0.1) is 0 Å². The van der Waals surface area contributed by atoms with E-state index >= 15 is 0 Å². The van der Waals surface area contributed by atoms with Gasteiger partial charge < -0.3 is 5.11 Å². The lowest BCUT2D eigenvalue weighted by molar-refractivity contribution is -0.131. The van der Waals surface area contributed by atoms with Gasteiger partial charge in [0.25, 0.3) is 0 Å². The van der Waals surface area contributed by atoms with Crippen molar-refractivity contribution in [2.75, 3.05) is 14.1 Å². The van der Waals surface area contributed by atoms with E-state index in [0.717, 1.165) is 18.2 Å². The molecule has 92 valence electrons. The zero-order valence-corrected chi connectivity index (χ0v) is 9.52. The molecule has 3 nitrogen and oxygen atoms in total. The quantitative estimate of drug-likeness (QED) is 0.821. The van der Waals surface area contributed by atoms with Gasteiger partial charge in [-0.2, -0.15) is 0 Å². The van der Waals surface area contributed by atoms with Crippen molar-refractivity contribution in [2.24, 2.45) is 0 Å². The number of rotatable bonds is 4. The van der Waals surface area contributed by atoms with Gasteiger partial charge >= 0.3 is 5.97 Å². The maximum Gasteiger partial charge on any atom is 0.328 e. The topological polar surface area (TPSA) is 40.5 Å². The molecule has 0 bridgehead atoms. The molecule has 1 rings (SSSR count). The highest BCUT2D eigenvalue weighted by atomic mass is 19.1. The fraction of sp³-hybridized carbons (Fsp3) is 0.250. The minimum absolute atomic E-state index is 0.230. The number of benzene rings is 1. The lowest BCUT2D eigenvalue weighted by Gasteiger charge is -2.21. The molecule has 1 N–H and O–H groups in total. The first-order chi connectivity index (χ1) is 7.91. The normalized spacial score (nSPS) is 13.2. The van der Waals surface area contributed by atoms with Crippen LogP contribution in [-0.4, -0.2) is 30.1 Å². The number of nitrogens with zero attached hydrogens (tertiary/aromatic N) is 1. The lowest BCUT2D eigenvalue weighted by atomic mass is 10.0. The maximum absolute atomic E-state index is 13.5. The maximum atomic E-state index is 13.5. The molecule has 1 atom stereocenters. The van der Waals surface area contributed by atoms with Gasteiger partial charge in [-0.05, 0) is 20.2 Å². The number of carboxylic acids is 1. The van der Waals surface area contributed by atoms with Crippen molar-refractivity contribution in [1.82, 2.24) is 4.90 Å². The Morgan fingerprint density at radius 2 is 2.06 bits per heavy atom. The Bertz CT molecular complexity index is 444. The van der Waals surface area contributed by atoms with Gasteiger partial charge in [0.2, 0.25) is 0 Å². The molecule has 0 aliphatic carbocycles. The standard InChI is InChI=1S/C12H13F2NO2/c1-15(2)11(5-6-12(16)17)9-4-3-8(13)7-10(9)14/h3-7,11H,1-2H3,(H,16,17)/b6-5+. The molecular weight excluding hydrogens is 228 g/mol. The molecule has 0 saturated heterocycles. The summed E-state index contributed by atoms with van der Waals surface area (Å²) in [5, 5.41) is 8.55. The van der Waals surface area contributed by atoms with Crippen LogP contribution in [0.2, 0.25) is 0 Å². The molecule has 0 radical (unpaired) electrons. The highest BCUT2D eigenvalue weighted by Crippen LogP contribution is 2.23. The van der Waals surface area contributed by atoms with E-state index in [1.165, 1.54) is 12.1 Å². The van der Waals surface area contributed by atoms with Crippen LogP contribution in [0.1, 0.15) is 11.6 Å². The van der Waals surface area contributed by atoms with Crippen molar-refractivity contribution in [3.63, 3.8) is 0 Å². The fourth-order valence-electron chi connectivity index (χ4n) is 1.47. The summed E-state index contributed by atoms with van der Waals surface area (Å²) >= 11 is 0. The number of aliphatic carboxylic acids is 1. The average molecular weight is 241 g/mol. The molecule has 0 spiro atoms. The first kappa shape index (κ1) is 13.3. The van der Waals surface area contributed by atoms with Crippen molar-refractivity contribution in [3.8, 4) is 0 Å². The molecule has 0 amide bonds. The largest absolute Gasteiger partial charge is 0.478 e. The molecule has 1 aromatic carbocycles. The number of carbonyl (C=O) groups is 1. The van der Waals surface area contributed by atoms with Crippen LogP contribution in [0, 0.1) is 11.6 Å². The Hall–Kier alpha value is -1.75. The second-order valence-corrected chi connectivity index (χ2v) is 3.77. The first-order valence-corrected chi connectivity index (χ1v) is 4.94. The van der Waals surface area contributed by atoms with Crippen LogP contribution in [-0.2, 0) is 4.79 Å². The summed E-state index contributed by atoms with van der Waals surface area (Å²) in [4.78, 5) is 12.1. The minimum atomic E-state index is -1.11.